The van der Waals surface area contributed by atoms with Crippen molar-refractivity contribution in [1.82, 2.24) is 10.6 Å². The first-order chi connectivity index (χ1) is 13.2. The van der Waals surface area contributed by atoms with Crippen molar-refractivity contribution in [3.05, 3.63) is 0 Å². The van der Waals surface area contributed by atoms with Crippen molar-refractivity contribution in [2.45, 2.75) is 50.6 Å². The van der Waals surface area contributed by atoms with E-state index in [2.05, 4.69) is 10.6 Å². The zero-order chi connectivity index (χ0) is 21.9. The van der Waals surface area contributed by atoms with Crippen LogP contribution in [-0.4, -0.2) is 62.0 Å². The second kappa shape index (κ2) is 26.2. The van der Waals surface area contributed by atoms with Gasteiger partial charge in [0.05, 0.1) is 37.1 Å². The molecule has 12 nitrogen and oxygen atoms in total. The van der Waals surface area contributed by atoms with Gasteiger partial charge in [-0.15, -0.1) is 0 Å². The normalized spacial score (nSPS) is 11.3. The molecule has 0 aliphatic heterocycles. The maximum Gasteiger partial charge on any atom is 1.00 e. The molecule has 2 atom stereocenters. The van der Waals surface area contributed by atoms with Gasteiger partial charge >= 0.3 is 103 Å². The van der Waals surface area contributed by atoms with Gasteiger partial charge in [-0.05, 0) is 51.6 Å². The molecule has 0 radical (unpaired) electrons. The van der Waals surface area contributed by atoms with Crippen LogP contribution >= 0.6 is 0 Å². The van der Waals surface area contributed by atoms with E-state index in [1.165, 1.54) is 0 Å². The fraction of sp³-hybridized carbons (Fsp3) is 0.750. The van der Waals surface area contributed by atoms with Gasteiger partial charge in [-0.25, -0.2) is 0 Å². The molecule has 0 saturated heterocycles. The Morgan fingerprint density at radius 2 is 0.933 bits per heavy atom. The Bertz CT molecular complexity index is 445. The zero-order valence-electron chi connectivity index (χ0n) is 18.0. The molecular formula is C16H32K2N6O6. The standard InChI is InChI=1S/2C8H17N3O3.2K/c2*9-4-2-1-3-6(8(13)14)11-7(12)5-10;;/h2*6H,1-5,9-10H2,(H,11,12)(H,13,14);;/q;;2*+1/p-2/t2*6-;;/m00../s1. The predicted octanol–water partition coefficient (Wildman–Crippen LogP) is -11.4. The first-order valence-electron chi connectivity index (χ1n) is 9.04. The predicted molar refractivity (Wildman–Crippen MR) is 97.8 cm³/mol. The summed E-state index contributed by atoms with van der Waals surface area (Å²) in [5.41, 5.74) is 20.6. The van der Waals surface area contributed by atoms with Crippen molar-refractivity contribution in [2.24, 2.45) is 22.9 Å². The first-order valence-corrected chi connectivity index (χ1v) is 9.04. The van der Waals surface area contributed by atoms with Gasteiger partial charge < -0.3 is 53.4 Å². The second-order valence-corrected chi connectivity index (χ2v) is 5.86. The number of hydrogen-bond donors (Lipinski definition) is 6. The molecule has 0 fully saturated rings. The molecule has 14 heteroatoms. The fourth-order valence-electron chi connectivity index (χ4n) is 1.99. The number of carbonyl (C=O) groups is 4. The van der Waals surface area contributed by atoms with E-state index >= 15 is 0 Å². The van der Waals surface area contributed by atoms with E-state index in [4.69, 9.17) is 22.9 Å². The van der Waals surface area contributed by atoms with Gasteiger partial charge in [-0.2, -0.15) is 0 Å². The number of nitrogens with one attached hydrogen (secondary N) is 2. The average molecular weight is 483 g/mol. The number of amides is 2. The minimum Gasteiger partial charge on any atom is -0.548 e. The van der Waals surface area contributed by atoms with Crippen LogP contribution in [0.1, 0.15) is 38.5 Å². The first kappa shape index (κ1) is 38.3. The molecule has 0 bridgehead atoms. The molecule has 164 valence electrons. The second-order valence-electron chi connectivity index (χ2n) is 5.86. The Balaban J connectivity index is -0.000000211. The summed E-state index contributed by atoms with van der Waals surface area (Å²) < 4.78 is 0. The third-order valence-corrected chi connectivity index (χ3v) is 3.50. The van der Waals surface area contributed by atoms with Crippen LogP contribution in [-0.2, 0) is 19.2 Å². The Kier molecular flexibility index (Phi) is 33.5. The van der Waals surface area contributed by atoms with Crippen LogP contribution in [0.5, 0.6) is 0 Å². The minimum atomic E-state index is -1.29. The number of carbonyl (C=O) groups excluding carboxylic acids is 4. The van der Waals surface area contributed by atoms with Crippen molar-refractivity contribution in [3.8, 4) is 0 Å². The quantitative estimate of drug-likeness (QED) is 0.101. The van der Waals surface area contributed by atoms with Gasteiger partial charge in [0.1, 0.15) is 0 Å². The van der Waals surface area contributed by atoms with Crippen molar-refractivity contribution in [1.29, 1.82) is 0 Å². The van der Waals surface area contributed by atoms with Crippen LogP contribution < -0.4 is 147 Å². The van der Waals surface area contributed by atoms with Crippen LogP contribution in [0, 0.1) is 0 Å². The summed E-state index contributed by atoms with van der Waals surface area (Å²) >= 11 is 0. The van der Waals surface area contributed by atoms with Crippen molar-refractivity contribution >= 4 is 23.8 Å². The molecule has 0 spiro atoms. The molecule has 0 aromatic heterocycles. The smallest absolute Gasteiger partial charge is 0.548 e. The summed E-state index contributed by atoms with van der Waals surface area (Å²) in [7, 11) is 0. The molecule has 10 N–H and O–H groups in total. The van der Waals surface area contributed by atoms with Crippen molar-refractivity contribution in [3.63, 3.8) is 0 Å². The number of aliphatic carboxylic acids is 2. The molecule has 2 amide bonds. The Labute approximate surface area is 262 Å². The van der Waals surface area contributed by atoms with Gasteiger partial charge in [-0.1, -0.05) is 0 Å². The number of nitrogens with two attached hydrogens (primary N) is 4. The molecule has 0 heterocycles. The van der Waals surface area contributed by atoms with Gasteiger partial charge in [0, 0.05) is 0 Å². The molecule has 0 saturated carbocycles. The topological polar surface area (TPSA) is 243 Å². The van der Waals surface area contributed by atoms with Gasteiger partial charge in [-0.3, -0.25) is 9.59 Å². The summed E-state index contributed by atoms with van der Waals surface area (Å²) in [4.78, 5) is 42.7. The molecule has 0 aromatic rings. The number of rotatable bonds is 14. The minimum absolute atomic E-state index is 0. The van der Waals surface area contributed by atoms with Crippen molar-refractivity contribution < 1.29 is 132 Å². The largest absolute Gasteiger partial charge is 1.00 e. The van der Waals surface area contributed by atoms with E-state index in [1.54, 1.807) is 0 Å². The summed E-state index contributed by atoms with van der Waals surface area (Å²) in [6.45, 7) is 0.566. The van der Waals surface area contributed by atoms with Gasteiger partial charge in [0.2, 0.25) is 11.8 Å². The molecule has 0 aromatic carbocycles. The maximum atomic E-state index is 10.8. The Morgan fingerprint density at radius 3 is 1.13 bits per heavy atom. The van der Waals surface area contributed by atoms with E-state index in [0.717, 1.165) is 12.8 Å². The summed E-state index contributed by atoms with van der Waals surface area (Å²) in [6, 6.07) is -1.92. The number of carboxylic acid groups (broad SMARTS) is 2. The van der Waals surface area contributed by atoms with Gasteiger partial charge in [0.25, 0.3) is 0 Å². The fourth-order valence-corrected chi connectivity index (χ4v) is 1.99. The van der Waals surface area contributed by atoms with E-state index < -0.39 is 35.8 Å². The summed E-state index contributed by atoms with van der Waals surface area (Å²) in [5.74, 6) is -3.56. The van der Waals surface area contributed by atoms with Crippen LogP contribution in [0.25, 0.3) is 0 Å². The molecule has 0 rings (SSSR count). The number of hydrogen-bond acceptors (Lipinski definition) is 10. The molecular weight excluding hydrogens is 450 g/mol. The molecule has 0 aliphatic carbocycles. The zero-order valence-corrected chi connectivity index (χ0v) is 24.2. The number of unbranched alkanes of at least 4 members (excludes halogenated alkanes) is 2. The SMILES string of the molecule is NCCCC[C@H](NC(=O)CN)C(=O)[O-].NCCCC[C@H](NC(=O)CN)C(=O)[O-].[K+].[K+]. The molecule has 0 unspecified atom stereocenters. The number of carboxylic acids is 2. The maximum absolute atomic E-state index is 10.8. The van der Waals surface area contributed by atoms with E-state index in [0.29, 0.717) is 38.8 Å². The Morgan fingerprint density at radius 1 is 0.633 bits per heavy atom. The summed E-state index contributed by atoms with van der Waals surface area (Å²) in [6.07, 6.45) is 3.38. The molecule has 0 aliphatic rings. The van der Waals surface area contributed by atoms with Crippen LogP contribution in [0.4, 0.5) is 0 Å². The van der Waals surface area contributed by atoms with E-state index in [1.807, 2.05) is 0 Å². The Hall–Kier alpha value is 0.993. The summed E-state index contributed by atoms with van der Waals surface area (Å²) in [5, 5.41) is 25.6. The van der Waals surface area contributed by atoms with E-state index in [-0.39, 0.29) is 116 Å². The van der Waals surface area contributed by atoms with Crippen LogP contribution in [0.3, 0.4) is 0 Å². The van der Waals surface area contributed by atoms with E-state index in [9.17, 15) is 29.4 Å². The van der Waals surface area contributed by atoms with Gasteiger partial charge in [0.15, 0.2) is 0 Å². The van der Waals surface area contributed by atoms with Crippen LogP contribution in [0.15, 0.2) is 0 Å². The third kappa shape index (κ3) is 23.7. The monoisotopic (exact) mass is 482 g/mol. The van der Waals surface area contributed by atoms with Crippen molar-refractivity contribution in [2.75, 3.05) is 26.2 Å². The molecule has 30 heavy (non-hydrogen) atoms. The average Bonchev–Trinajstić information content (AvgIpc) is 2.66. The van der Waals surface area contributed by atoms with Crippen LogP contribution in [0.2, 0.25) is 0 Å². The third-order valence-electron chi connectivity index (χ3n) is 3.50.